The molecule has 2 N–H and O–H groups in total. The summed E-state index contributed by atoms with van der Waals surface area (Å²) < 4.78 is 0.708. The van der Waals surface area contributed by atoms with E-state index in [0.29, 0.717) is 10.8 Å². The van der Waals surface area contributed by atoms with Gasteiger partial charge in [-0.1, -0.05) is 0 Å². The van der Waals surface area contributed by atoms with E-state index in [4.69, 9.17) is 5.73 Å². The lowest BCUT2D eigenvalue weighted by atomic mass is 10.2. The fraction of sp³-hybridized carbons (Fsp3) is 1.00. The van der Waals surface area contributed by atoms with E-state index >= 15 is 0 Å². The maximum Gasteiger partial charge on any atom is 0.0176 e. The fourth-order valence-electron chi connectivity index (χ4n) is 1.37. The van der Waals surface area contributed by atoms with Crippen molar-refractivity contribution in [2.24, 2.45) is 5.73 Å². The van der Waals surface area contributed by atoms with Crippen LogP contribution >= 0.6 is 11.8 Å². The van der Waals surface area contributed by atoms with Crippen LogP contribution in [0, 0.1) is 0 Å². The molecule has 1 saturated carbocycles. The van der Waals surface area contributed by atoms with Gasteiger partial charge < -0.3 is 5.73 Å². The largest absolute Gasteiger partial charge is 0.327 e. The molecule has 46 valence electrons. The number of hydrogen-bond donors (Lipinski definition) is 1. The number of rotatable bonds is 0. The highest BCUT2D eigenvalue weighted by atomic mass is 32.2. The van der Waals surface area contributed by atoms with Crippen molar-refractivity contribution in [3.63, 3.8) is 0 Å². The van der Waals surface area contributed by atoms with E-state index in [2.05, 4.69) is 11.8 Å². The third kappa shape index (κ3) is 0.669. The van der Waals surface area contributed by atoms with Crippen molar-refractivity contribution < 1.29 is 0 Å². The van der Waals surface area contributed by atoms with Gasteiger partial charge in [-0.05, 0) is 19.3 Å². The SMILES string of the molecule is NC1CSC2(CC2)C1. The Hall–Kier alpha value is 0.310. The first-order valence-corrected chi connectivity index (χ1v) is 4.19. The molecule has 0 aromatic rings. The molecule has 1 heterocycles. The van der Waals surface area contributed by atoms with Gasteiger partial charge in [0.1, 0.15) is 0 Å². The summed E-state index contributed by atoms with van der Waals surface area (Å²) in [5, 5.41) is 0. The van der Waals surface area contributed by atoms with Gasteiger partial charge >= 0.3 is 0 Å². The molecule has 1 unspecified atom stereocenters. The summed E-state index contributed by atoms with van der Waals surface area (Å²) >= 11 is 2.09. The van der Waals surface area contributed by atoms with Crippen molar-refractivity contribution in [3.05, 3.63) is 0 Å². The van der Waals surface area contributed by atoms with Crippen LogP contribution in [0.4, 0.5) is 0 Å². The number of thioether (sulfide) groups is 1. The summed E-state index contributed by atoms with van der Waals surface area (Å²) in [5.41, 5.74) is 5.73. The average molecular weight is 129 g/mol. The Balaban J connectivity index is 2.03. The van der Waals surface area contributed by atoms with Crippen LogP contribution in [0.25, 0.3) is 0 Å². The highest BCUT2D eigenvalue weighted by Gasteiger charge is 2.48. The Labute approximate surface area is 54.0 Å². The fourth-order valence-corrected chi connectivity index (χ4v) is 2.78. The first kappa shape index (κ1) is 5.12. The zero-order chi connectivity index (χ0) is 5.61. The third-order valence-electron chi connectivity index (χ3n) is 2.05. The Morgan fingerprint density at radius 3 is 2.50 bits per heavy atom. The molecule has 0 radical (unpaired) electrons. The first-order valence-electron chi connectivity index (χ1n) is 3.20. The predicted molar refractivity (Wildman–Crippen MR) is 37.0 cm³/mol. The normalized spacial score (nSPS) is 40.9. The van der Waals surface area contributed by atoms with E-state index in [1.165, 1.54) is 25.0 Å². The molecule has 1 saturated heterocycles. The summed E-state index contributed by atoms with van der Waals surface area (Å²) in [5.74, 6) is 1.21. The standard InChI is InChI=1S/C6H11NS/c7-5-3-6(1-2-6)8-4-5/h5H,1-4,7H2. The van der Waals surface area contributed by atoms with Crippen molar-refractivity contribution in [1.82, 2.24) is 0 Å². The van der Waals surface area contributed by atoms with E-state index in [-0.39, 0.29) is 0 Å². The molecular formula is C6H11NS. The first-order chi connectivity index (χ1) is 3.81. The second kappa shape index (κ2) is 1.42. The van der Waals surface area contributed by atoms with Crippen molar-refractivity contribution in [2.75, 3.05) is 5.75 Å². The van der Waals surface area contributed by atoms with Gasteiger partial charge in [0.05, 0.1) is 0 Å². The third-order valence-corrected chi connectivity index (χ3v) is 3.83. The van der Waals surface area contributed by atoms with Gasteiger partial charge in [-0.15, -0.1) is 0 Å². The molecule has 0 aromatic carbocycles. The van der Waals surface area contributed by atoms with Crippen LogP contribution in [-0.2, 0) is 0 Å². The minimum Gasteiger partial charge on any atom is -0.327 e. The second-order valence-electron chi connectivity index (χ2n) is 2.96. The van der Waals surface area contributed by atoms with Crippen molar-refractivity contribution in [3.8, 4) is 0 Å². The lowest BCUT2D eigenvalue weighted by Crippen LogP contribution is -2.19. The molecular weight excluding hydrogens is 118 g/mol. The Morgan fingerprint density at radius 1 is 1.50 bits per heavy atom. The Morgan fingerprint density at radius 2 is 2.25 bits per heavy atom. The van der Waals surface area contributed by atoms with Gasteiger partial charge in [-0.3, -0.25) is 0 Å². The van der Waals surface area contributed by atoms with E-state index < -0.39 is 0 Å². The van der Waals surface area contributed by atoms with Crippen LogP contribution in [-0.4, -0.2) is 16.5 Å². The summed E-state index contributed by atoms with van der Waals surface area (Å²) in [6.07, 6.45) is 4.16. The Bertz CT molecular complexity index is 109. The molecule has 2 fully saturated rings. The topological polar surface area (TPSA) is 26.0 Å². The summed E-state index contributed by atoms with van der Waals surface area (Å²) in [6.45, 7) is 0. The molecule has 2 rings (SSSR count). The van der Waals surface area contributed by atoms with Gasteiger partial charge in [-0.25, -0.2) is 0 Å². The number of hydrogen-bond acceptors (Lipinski definition) is 2. The highest BCUT2D eigenvalue weighted by molar-refractivity contribution is 8.01. The van der Waals surface area contributed by atoms with Gasteiger partial charge in [-0.2, -0.15) is 11.8 Å². The van der Waals surface area contributed by atoms with Gasteiger partial charge in [0.25, 0.3) is 0 Å². The summed E-state index contributed by atoms with van der Waals surface area (Å²) in [6, 6.07) is 0.516. The van der Waals surface area contributed by atoms with Crippen molar-refractivity contribution in [2.45, 2.75) is 30.1 Å². The molecule has 2 heteroatoms. The van der Waals surface area contributed by atoms with Crippen molar-refractivity contribution in [1.29, 1.82) is 0 Å². The molecule has 1 spiro atoms. The van der Waals surface area contributed by atoms with Crippen LogP contribution in [0.1, 0.15) is 19.3 Å². The molecule has 0 bridgehead atoms. The van der Waals surface area contributed by atoms with Crippen LogP contribution in [0.15, 0.2) is 0 Å². The minimum absolute atomic E-state index is 0.516. The smallest absolute Gasteiger partial charge is 0.0176 e. The van der Waals surface area contributed by atoms with Gasteiger partial charge in [0, 0.05) is 16.5 Å². The van der Waals surface area contributed by atoms with E-state index in [0.717, 1.165) is 0 Å². The molecule has 1 nitrogen and oxygen atoms in total. The van der Waals surface area contributed by atoms with Crippen LogP contribution in [0.3, 0.4) is 0 Å². The Kier molecular flexibility index (Phi) is 0.910. The number of nitrogens with two attached hydrogens (primary N) is 1. The van der Waals surface area contributed by atoms with Crippen LogP contribution < -0.4 is 5.73 Å². The molecule has 1 aliphatic heterocycles. The molecule has 1 aliphatic carbocycles. The van der Waals surface area contributed by atoms with Crippen molar-refractivity contribution >= 4 is 11.8 Å². The summed E-state index contributed by atoms with van der Waals surface area (Å²) in [4.78, 5) is 0. The lowest BCUT2D eigenvalue weighted by Gasteiger charge is -1.99. The maximum absolute atomic E-state index is 5.73. The average Bonchev–Trinajstić information content (AvgIpc) is 2.34. The van der Waals surface area contributed by atoms with Gasteiger partial charge in [0.15, 0.2) is 0 Å². The van der Waals surface area contributed by atoms with E-state index in [1.54, 1.807) is 0 Å². The minimum atomic E-state index is 0.516. The molecule has 0 amide bonds. The van der Waals surface area contributed by atoms with E-state index in [9.17, 15) is 0 Å². The molecule has 2 aliphatic rings. The van der Waals surface area contributed by atoms with E-state index in [1.807, 2.05) is 0 Å². The maximum atomic E-state index is 5.73. The van der Waals surface area contributed by atoms with Crippen LogP contribution in [0.2, 0.25) is 0 Å². The molecule has 8 heavy (non-hydrogen) atoms. The van der Waals surface area contributed by atoms with Crippen LogP contribution in [0.5, 0.6) is 0 Å². The monoisotopic (exact) mass is 129 g/mol. The highest BCUT2D eigenvalue weighted by Crippen LogP contribution is 2.55. The zero-order valence-corrected chi connectivity index (χ0v) is 5.71. The van der Waals surface area contributed by atoms with Gasteiger partial charge in [0.2, 0.25) is 0 Å². The quantitative estimate of drug-likeness (QED) is 0.527. The second-order valence-corrected chi connectivity index (χ2v) is 4.45. The molecule has 0 aromatic heterocycles. The zero-order valence-electron chi connectivity index (χ0n) is 4.89. The predicted octanol–water partition coefficient (Wildman–Crippen LogP) is 0.983. The summed E-state index contributed by atoms with van der Waals surface area (Å²) in [7, 11) is 0. The lowest BCUT2D eigenvalue weighted by molar-refractivity contribution is 0.681. The molecule has 1 atom stereocenters.